The molecule has 7 nitrogen and oxygen atoms in total. The number of hydrogen-bond donors (Lipinski definition) is 0. The third-order valence-corrected chi connectivity index (χ3v) is 6.99. The maximum absolute atomic E-state index is 13.2. The van der Waals surface area contributed by atoms with Crippen molar-refractivity contribution in [2.45, 2.75) is 13.5 Å². The van der Waals surface area contributed by atoms with Gasteiger partial charge in [0.2, 0.25) is 0 Å². The Labute approximate surface area is 230 Å². The number of thioether (sulfide) groups is 1. The van der Waals surface area contributed by atoms with Crippen molar-refractivity contribution in [3.05, 3.63) is 91.6 Å². The molecule has 0 atom stereocenters. The van der Waals surface area contributed by atoms with E-state index >= 15 is 0 Å². The zero-order chi connectivity index (χ0) is 26.5. The summed E-state index contributed by atoms with van der Waals surface area (Å²) >= 11 is 2.85. The maximum Gasteiger partial charge on any atom is 0.343 e. The molecule has 3 aromatic carbocycles. The van der Waals surface area contributed by atoms with Crippen LogP contribution in [0.1, 0.15) is 28.4 Å². The highest BCUT2D eigenvalue weighted by Gasteiger charge is 2.35. The van der Waals surface area contributed by atoms with Crippen LogP contribution in [0.15, 0.2) is 65.6 Å². The molecule has 0 aliphatic carbocycles. The quantitative estimate of drug-likeness (QED) is 0.125. The highest BCUT2D eigenvalue weighted by Crippen LogP contribution is 2.38. The standard InChI is InChI=1S/C27H21FINO6S/c1-3-35-22-13-17(12-21(29)24(22)36-26(32)18-6-10-20(34-2)11-7-18)14-23-25(31)30(27(33)37-23)15-16-4-8-19(28)9-5-16/h4-14H,3,15H2,1-2H3/b23-14-. The van der Waals surface area contributed by atoms with Crippen LogP contribution in [-0.2, 0) is 11.3 Å². The molecule has 0 spiro atoms. The number of methoxy groups -OCH3 is 1. The number of benzene rings is 3. The molecule has 0 saturated carbocycles. The average molecular weight is 633 g/mol. The summed E-state index contributed by atoms with van der Waals surface area (Å²) in [6, 6.07) is 15.5. The summed E-state index contributed by atoms with van der Waals surface area (Å²) in [5, 5.41) is -0.412. The summed E-state index contributed by atoms with van der Waals surface area (Å²) < 4.78 is 30.3. The fraction of sp³-hybridized carbons (Fsp3) is 0.148. The lowest BCUT2D eigenvalue weighted by Crippen LogP contribution is -2.27. The first kappa shape index (κ1) is 26.7. The molecule has 0 N–H and O–H groups in total. The molecule has 1 saturated heterocycles. The molecule has 1 fully saturated rings. The van der Waals surface area contributed by atoms with Crippen molar-refractivity contribution in [3.8, 4) is 17.2 Å². The minimum atomic E-state index is -0.559. The van der Waals surface area contributed by atoms with Gasteiger partial charge in [0.1, 0.15) is 11.6 Å². The van der Waals surface area contributed by atoms with E-state index in [0.717, 1.165) is 16.7 Å². The first-order valence-electron chi connectivity index (χ1n) is 11.1. The Morgan fingerprint density at radius 1 is 1.08 bits per heavy atom. The molecule has 0 unspecified atom stereocenters. The van der Waals surface area contributed by atoms with Gasteiger partial charge in [-0.15, -0.1) is 0 Å². The van der Waals surface area contributed by atoms with Crippen molar-refractivity contribution < 1.29 is 33.0 Å². The van der Waals surface area contributed by atoms with E-state index in [-0.39, 0.29) is 17.2 Å². The van der Waals surface area contributed by atoms with Gasteiger partial charge in [-0.25, -0.2) is 9.18 Å². The molecule has 3 aromatic rings. The number of ether oxygens (including phenoxy) is 3. The van der Waals surface area contributed by atoms with Gasteiger partial charge in [0, 0.05) is 0 Å². The molecule has 0 aromatic heterocycles. The topological polar surface area (TPSA) is 82.1 Å². The van der Waals surface area contributed by atoms with Crippen molar-refractivity contribution in [3.63, 3.8) is 0 Å². The Kier molecular flexibility index (Phi) is 8.49. The Morgan fingerprint density at radius 3 is 2.43 bits per heavy atom. The van der Waals surface area contributed by atoms with Gasteiger partial charge in [-0.1, -0.05) is 12.1 Å². The number of nitrogens with zero attached hydrogens (tertiary/aromatic N) is 1. The Balaban J connectivity index is 1.56. The van der Waals surface area contributed by atoms with Crippen LogP contribution >= 0.6 is 34.4 Å². The van der Waals surface area contributed by atoms with Crippen LogP contribution < -0.4 is 14.2 Å². The second-order valence-electron chi connectivity index (χ2n) is 7.78. The number of halogens is 2. The molecule has 4 rings (SSSR count). The summed E-state index contributed by atoms with van der Waals surface area (Å²) in [5.41, 5.74) is 1.59. The summed E-state index contributed by atoms with van der Waals surface area (Å²) in [6.45, 7) is 2.17. The number of carbonyl (C=O) groups excluding carboxylic acids is 3. The third kappa shape index (κ3) is 6.31. The highest BCUT2D eigenvalue weighted by molar-refractivity contribution is 14.1. The Bertz CT molecular complexity index is 1370. The maximum atomic E-state index is 13.2. The van der Waals surface area contributed by atoms with Crippen LogP contribution in [-0.4, -0.2) is 35.7 Å². The first-order valence-corrected chi connectivity index (χ1v) is 13.0. The van der Waals surface area contributed by atoms with Crippen LogP contribution in [0.3, 0.4) is 0 Å². The van der Waals surface area contributed by atoms with E-state index in [4.69, 9.17) is 14.2 Å². The van der Waals surface area contributed by atoms with Gasteiger partial charge in [0.15, 0.2) is 11.5 Å². The van der Waals surface area contributed by atoms with E-state index in [0.29, 0.717) is 38.4 Å². The Morgan fingerprint density at radius 2 is 1.78 bits per heavy atom. The number of carbonyl (C=O) groups is 3. The number of hydrogen-bond acceptors (Lipinski definition) is 7. The minimum absolute atomic E-state index is 0.0459. The van der Waals surface area contributed by atoms with Gasteiger partial charge in [-0.3, -0.25) is 14.5 Å². The highest BCUT2D eigenvalue weighted by atomic mass is 127. The largest absolute Gasteiger partial charge is 0.497 e. The van der Waals surface area contributed by atoms with E-state index in [9.17, 15) is 18.8 Å². The molecule has 1 heterocycles. The molecule has 1 aliphatic rings. The zero-order valence-corrected chi connectivity index (χ0v) is 22.8. The smallest absolute Gasteiger partial charge is 0.343 e. The lowest BCUT2D eigenvalue weighted by molar-refractivity contribution is -0.123. The van der Waals surface area contributed by atoms with Crippen molar-refractivity contribution in [1.29, 1.82) is 0 Å². The second kappa shape index (κ2) is 11.8. The van der Waals surface area contributed by atoms with E-state index in [1.54, 1.807) is 49.4 Å². The molecule has 190 valence electrons. The van der Waals surface area contributed by atoms with E-state index in [1.165, 1.54) is 31.4 Å². The van der Waals surface area contributed by atoms with Gasteiger partial charge in [0.05, 0.1) is 34.3 Å². The van der Waals surface area contributed by atoms with Crippen LogP contribution in [0, 0.1) is 9.39 Å². The third-order valence-electron chi connectivity index (χ3n) is 5.28. The summed E-state index contributed by atoms with van der Waals surface area (Å²) in [7, 11) is 1.54. The monoisotopic (exact) mass is 633 g/mol. The number of esters is 1. The van der Waals surface area contributed by atoms with Gasteiger partial charge < -0.3 is 14.2 Å². The van der Waals surface area contributed by atoms with Crippen molar-refractivity contribution in [2.75, 3.05) is 13.7 Å². The molecular weight excluding hydrogens is 612 g/mol. The molecule has 1 aliphatic heterocycles. The number of amides is 2. The minimum Gasteiger partial charge on any atom is -0.497 e. The van der Waals surface area contributed by atoms with E-state index in [1.807, 2.05) is 22.6 Å². The SMILES string of the molecule is CCOc1cc(/C=C2\SC(=O)N(Cc3ccc(F)cc3)C2=O)cc(I)c1OC(=O)c1ccc(OC)cc1. The summed E-state index contributed by atoms with van der Waals surface area (Å²) in [4.78, 5) is 39.5. The van der Waals surface area contributed by atoms with Gasteiger partial charge in [-0.05, 0) is 107 Å². The zero-order valence-electron chi connectivity index (χ0n) is 19.8. The molecule has 0 bridgehead atoms. The Hall–Kier alpha value is -3.38. The molecule has 0 radical (unpaired) electrons. The van der Waals surface area contributed by atoms with Gasteiger partial charge >= 0.3 is 5.97 Å². The predicted octanol–water partition coefficient (Wildman–Crippen LogP) is 6.29. The van der Waals surface area contributed by atoms with Crippen LogP contribution in [0.2, 0.25) is 0 Å². The summed E-state index contributed by atoms with van der Waals surface area (Å²) in [5.74, 6) is -0.195. The van der Waals surface area contributed by atoms with Gasteiger partial charge in [0.25, 0.3) is 11.1 Å². The van der Waals surface area contributed by atoms with Crippen molar-refractivity contribution >= 4 is 57.5 Å². The second-order valence-corrected chi connectivity index (χ2v) is 9.93. The molecular formula is C27H21FINO6S. The fourth-order valence-electron chi connectivity index (χ4n) is 3.47. The molecule has 37 heavy (non-hydrogen) atoms. The lowest BCUT2D eigenvalue weighted by atomic mass is 10.1. The lowest BCUT2D eigenvalue weighted by Gasteiger charge is -2.14. The molecule has 10 heteroatoms. The first-order chi connectivity index (χ1) is 17.8. The summed E-state index contributed by atoms with van der Waals surface area (Å²) in [6.07, 6.45) is 1.59. The van der Waals surface area contributed by atoms with Crippen molar-refractivity contribution in [1.82, 2.24) is 4.90 Å². The molecule has 2 amide bonds. The van der Waals surface area contributed by atoms with Gasteiger partial charge in [-0.2, -0.15) is 0 Å². The van der Waals surface area contributed by atoms with E-state index in [2.05, 4.69) is 0 Å². The van der Waals surface area contributed by atoms with Crippen LogP contribution in [0.4, 0.5) is 9.18 Å². The predicted molar refractivity (Wildman–Crippen MR) is 146 cm³/mol. The fourth-order valence-corrected chi connectivity index (χ4v) is 5.05. The van der Waals surface area contributed by atoms with Crippen LogP contribution in [0.5, 0.6) is 17.2 Å². The average Bonchev–Trinajstić information content (AvgIpc) is 3.14. The van der Waals surface area contributed by atoms with E-state index < -0.39 is 22.9 Å². The van der Waals surface area contributed by atoms with Crippen molar-refractivity contribution in [2.24, 2.45) is 0 Å². The number of rotatable bonds is 8. The van der Waals surface area contributed by atoms with Crippen LogP contribution in [0.25, 0.3) is 6.08 Å². The normalized spacial score (nSPS) is 14.3. The number of imide groups is 1.